The third-order valence-electron chi connectivity index (χ3n) is 0.595. The standard InChI is InChI=1S/C6H10O/c1-3-5-6-7-4-2/h1H,4-6H2,2H3. The van der Waals surface area contributed by atoms with Crippen LogP contribution in [0.15, 0.2) is 0 Å². The molecule has 0 aromatic rings. The van der Waals surface area contributed by atoms with Gasteiger partial charge in [-0.15, -0.1) is 12.3 Å². The lowest BCUT2D eigenvalue weighted by atomic mass is 10.5. The van der Waals surface area contributed by atoms with Crippen molar-refractivity contribution in [3.63, 3.8) is 0 Å². The molecule has 1 nitrogen and oxygen atoms in total. The van der Waals surface area contributed by atoms with Crippen molar-refractivity contribution >= 4 is 0 Å². The van der Waals surface area contributed by atoms with Gasteiger partial charge in [-0.3, -0.25) is 0 Å². The minimum Gasteiger partial charge on any atom is -0.381 e. The quantitative estimate of drug-likeness (QED) is 0.378. The van der Waals surface area contributed by atoms with Crippen molar-refractivity contribution in [3.05, 3.63) is 0 Å². The third-order valence-corrected chi connectivity index (χ3v) is 0.595. The summed E-state index contributed by atoms with van der Waals surface area (Å²) in [5.74, 6) is 2.48. The molecule has 7 heavy (non-hydrogen) atoms. The van der Waals surface area contributed by atoms with Crippen LogP contribution in [0.1, 0.15) is 13.3 Å². The van der Waals surface area contributed by atoms with Gasteiger partial charge in [0.25, 0.3) is 0 Å². The van der Waals surface area contributed by atoms with E-state index in [-0.39, 0.29) is 0 Å². The molecule has 1 heteroatoms. The molecule has 0 amide bonds. The van der Waals surface area contributed by atoms with Crippen LogP contribution in [0.5, 0.6) is 0 Å². The summed E-state index contributed by atoms with van der Waals surface area (Å²) in [5.41, 5.74) is 0. The van der Waals surface area contributed by atoms with Crippen molar-refractivity contribution in [1.29, 1.82) is 0 Å². The minimum absolute atomic E-state index is 0.701. The first-order valence-electron chi connectivity index (χ1n) is 2.43. The Morgan fingerprint density at radius 1 is 1.71 bits per heavy atom. The molecule has 0 fully saturated rings. The first kappa shape index (κ1) is 6.52. The molecule has 0 heterocycles. The Morgan fingerprint density at radius 2 is 2.43 bits per heavy atom. The Balaban J connectivity index is 2.60. The summed E-state index contributed by atoms with van der Waals surface area (Å²) in [4.78, 5) is 0. The maximum atomic E-state index is 4.94. The predicted molar refractivity (Wildman–Crippen MR) is 29.9 cm³/mol. The van der Waals surface area contributed by atoms with E-state index in [2.05, 4.69) is 5.92 Å². The number of ether oxygens (including phenoxy) is 1. The second-order valence-electron chi connectivity index (χ2n) is 1.15. The zero-order valence-electron chi connectivity index (χ0n) is 4.61. The van der Waals surface area contributed by atoms with Gasteiger partial charge in [0.15, 0.2) is 0 Å². The van der Waals surface area contributed by atoms with Crippen molar-refractivity contribution in [3.8, 4) is 12.3 Å². The van der Waals surface area contributed by atoms with Crippen LogP contribution in [0.4, 0.5) is 0 Å². The summed E-state index contributed by atoms with van der Waals surface area (Å²) in [5, 5.41) is 0. The van der Waals surface area contributed by atoms with E-state index >= 15 is 0 Å². The van der Waals surface area contributed by atoms with Crippen LogP contribution in [-0.4, -0.2) is 13.2 Å². The SMILES string of the molecule is C#CCCOCC. The maximum Gasteiger partial charge on any atom is 0.0575 e. The van der Waals surface area contributed by atoms with Crippen LogP contribution in [0.3, 0.4) is 0 Å². The van der Waals surface area contributed by atoms with E-state index in [4.69, 9.17) is 11.2 Å². The molecule has 0 aliphatic rings. The van der Waals surface area contributed by atoms with Gasteiger partial charge in [-0.25, -0.2) is 0 Å². The summed E-state index contributed by atoms with van der Waals surface area (Å²) >= 11 is 0. The predicted octanol–water partition coefficient (Wildman–Crippen LogP) is 1.05. The molecule has 40 valence electrons. The summed E-state index contributed by atoms with van der Waals surface area (Å²) in [6.45, 7) is 3.42. The second-order valence-corrected chi connectivity index (χ2v) is 1.15. The molecule has 0 bridgehead atoms. The Kier molecular flexibility index (Phi) is 5.14. The summed E-state index contributed by atoms with van der Waals surface area (Å²) < 4.78 is 4.93. The summed E-state index contributed by atoms with van der Waals surface area (Å²) in [6.07, 6.45) is 5.67. The Labute approximate surface area is 44.7 Å². The topological polar surface area (TPSA) is 9.23 Å². The van der Waals surface area contributed by atoms with E-state index in [1.54, 1.807) is 0 Å². The number of hydrogen-bond acceptors (Lipinski definition) is 1. The summed E-state index contributed by atoms with van der Waals surface area (Å²) in [7, 11) is 0. The number of terminal acetylenes is 1. The largest absolute Gasteiger partial charge is 0.381 e. The second kappa shape index (κ2) is 5.52. The van der Waals surface area contributed by atoms with Gasteiger partial charge in [-0.05, 0) is 6.92 Å². The lowest BCUT2D eigenvalue weighted by molar-refractivity contribution is 0.154. The van der Waals surface area contributed by atoms with Crippen LogP contribution in [0.25, 0.3) is 0 Å². The molecule has 0 atom stereocenters. The normalized spacial score (nSPS) is 8.00. The van der Waals surface area contributed by atoms with Crippen LogP contribution in [0, 0.1) is 12.3 Å². The highest BCUT2D eigenvalue weighted by Crippen LogP contribution is 1.76. The number of rotatable bonds is 3. The van der Waals surface area contributed by atoms with Crippen LogP contribution >= 0.6 is 0 Å². The first-order chi connectivity index (χ1) is 3.41. The van der Waals surface area contributed by atoms with E-state index in [0.29, 0.717) is 6.61 Å². The molecule has 0 rings (SSSR count). The van der Waals surface area contributed by atoms with Crippen molar-refractivity contribution in [2.45, 2.75) is 13.3 Å². The van der Waals surface area contributed by atoms with Gasteiger partial charge in [-0.2, -0.15) is 0 Å². The molecular formula is C6H10O. The molecule has 0 aliphatic carbocycles. The van der Waals surface area contributed by atoms with Crippen molar-refractivity contribution < 1.29 is 4.74 Å². The fraction of sp³-hybridized carbons (Fsp3) is 0.667. The van der Waals surface area contributed by atoms with E-state index in [0.717, 1.165) is 13.0 Å². The Hall–Kier alpha value is -0.480. The van der Waals surface area contributed by atoms with Crippen LogP contribution < -0.4 is 0 Å². The van der Waals surface area contributed by atoms with Gasteiger partial charge in [0, 0.05) is 13.0 Å². The van der Waals surface area contributed by atoms with Crippen LogP contribution in [0.2, 0.25) is 0 Å². The molecule has 0 spiro atoms. The highest BCUT2D eigenvalue weighted by molar-refractivity contribution is 4.82. The van der Waals surface area contributed by atoms with Gasteiger partial charge in [0.1, 0.15) is 0 Å². The van der Waals surface area contributed by atoms with Gasteiger partial charge in [0.2, 0.25) is 0 Å². The fourth-order valence-corrected chi connectivity index (χ4v) is 0.275. The monoisotopic (exact) mass is 98.1 g/mol. The van der Waals surface area contributed by atoms with Crippen molar-refractivity contribution in [2.24, 2.45) is 0 Å². The minimum atomic E-state index is 0.701. The molecule has 0 aliphatic heterocycles. The molecule has 0 aromatic carbocycles. The highest BCUT2D eigenvalue weighted by atomic mass is 16.5. The summed E-state index contributed by atoms with van der Waals surface area (Å²) in [6, 6.07) is 0. The zero-order chi connectivity index (χ0) is 5.54. The maximum absolute atomic E-state index is 4.94. The smallest absolute Gasteiger partial charge is 0.0575 e. The lowest BCUT2D eigenvalue weighted by Crippen LogP contribution is -1.89. The molecule has 0 saturated carbocycles. The average Bonchev–Trinajstić information content (AvgIpc) is 1.69. The first-order valence-corrected chi connectivity index (χ1v) is 2.43. The number of hydrogen-bond donors (Lipinski definition) is 0. The highest BCUT2D eigenvalue weighted by Gasteiger charge is 1.75. The molecule has 0 radical (unpaired) electrons. The van der Waals surface area contributed by atoms with E-state index < -0.39 is 0 Å². The van der Waals surface area contributed by atoms with Crippen LogP contribution in [-0.2, 0) is 4.74 Å². The van der Waals surface area contributed by atoms with Gasteiger partial charge in [0.05, 0.1) is 6.61 Å². The Morgan fingerprint density at radius 3 is 2.86 bits per heavy atom. The van der Waals surface area contributed by atoms with Crippen molar-refractivity contribution in [1.82, 2.24) is 0 Å². The van der Waals surface area contributed by atoms with Gasteiger partial charge >= 0.3 is 0 Å². The third kappa shape index (κ3) is 5.52. The van der Waals surface area contributed by atoms with E-state index in [1.807, 2.05) is 6.92 Å². The molecule has 0 saturated heterocycles. The van der Waals surface area contributed by atoms with Gasteiger partial charge in [-0.1, -0.05) is 0 Å². The van der Waals surface area contributed by atoms with Crippen molar-refractivity contribution in [2.75, 3.05) is 13.2 Å². The van der Waals surface area contributed by atoms with E-state index in [1.165, 1.54) is 0 Å². The van der Waals surface area contributed by atoms with Gasteiger partial charge < -0.3 is 4.74 Å². The molecular weight excluding hydrogens is 88.1 g/mol. The molecule has 0 aromatic heterocycles. The lowest BCUT2D eigenvalue weighted by Gasteiger charge is -1.91. The molecule has 0 unspecified atom stereocenters. The molecule has 0 N–H and O–H groups in total. The average molecular weight is 98.1 g/mol. The van der Waals surface area contributed by atoms with E-state index in [9.17, 15) is 0 Å². The zero-order valence-corrected chi connectivity index (χ0v) is 4.61. The fourth-order valence-electron chi connectivity index (χ4n) is 0.275. The Bertz CT molecular complexity index is 61.1.